The highest BCUT2D eigenvalue weighted by atomic mass is 16.5. The molecule has 0 aliphatic heterocycles. The fraction of sp³-hybridized carbons (Fsp3) is 0.733. The van der Waals surface area contributed by atoms with Crippen molar-refractivity contribution < 1.29 is 14.3 Å². The number of hydrogen-bond donors (Lipinski definition) is 0. The molecule has 0 heterocycles. The quantitative estimate of drug-likeness (QED) is 0.428. The van der Waals surface area contributed by atoms with Crippen LogP contribution in [0.15, 0.2) is 12.2 Å². The summed E-state index contributed by atoms with van der Waals surface area (Å²) in [4.78, 5) is 23.7. The Hall–Kier alpha value is -1.12. The summed E-state index contributed by atoms with van der Waals surface area (Å²) in [5, 5.41) is 0. The van der Waals surface area contributed by atoms with Crippen molar-refractivity contribution in [3.05, 3.63) is 12.2 Å². The first-order valence-electron chi connectivity index (χ1n) is 6.97. The molecule has 1 fully saturated rings. The molecule has 0 aromatic carbocycles. The number of rotatable bonds is 5. The predicted molar refractivity (Wildman–Crippen MR) is 71.1 cm³/mol. The summed E-state index contributed by atoms with van der Waals surface area (Å²) in [7, 11) is 0. The maximum absolute atomic E-state index is 12.1. The number of hydrogen-bond acceptors (Lipinski definition) is 3. The van der Waals surface area contributed by atoms with E-state index in [1.807, 2.05) is 0 Å². The van der Waals surface area contributed by atoms with Gasteiger partial charge in [-0.2, -0.15) is 0 Å². The van der Waals surface area contributed by atoms with Crippen LogP contribution in [0.3, 0.4) is 0 Å². The molecule has 0 radical (unpaired) electrons. The molecular weight excluding hydrogens is 228 g/mol. The lowest BCUT2D eigenvalue weighted by atomic mass is 9.81. The van der Waals surface area contributed by atoms with Gasteiger partial charge < -0.3 is 4.74 Å². The van der Waals surface area contributed by atoms with Crippen LogP contribution in [0.25, 0.3) is 0 Å². The minimum absolute atomic E-state index is 0.0330. The number of esters is 1. The Morgan fingerprint density at radius 3 is 2.72 bits per heavy atom. The maximum Gasteiger partial charge on any atom is 0.333 e. The Morgan fingerprint density at radius 1 is 1.39 bits per heavy atom. The smallest absolute Gasteiger partial charge is 0.333 e. The van der Waals surface area contributed by atoms with E-state index in [0.717, 1.165) is 25.7 Å². The van der Waals surface area contributed by atoms with Gasteiger partial charge in [-0.3, -0.25) is 4.79 Å². The molecule has 0 bridgehead atoms. The van der Waals surface area contributed by atoms with Crippen molar-refractivity contribution in [1.29, 1.82) is 0 Å². The molecule has 3 heteroatoms. The molecule has 1 aliphatic rings. The third-order valence-electron chi connectivity index (χ3n) is 3.79. The van der Waals surface area contributed by atoms with E-state index in [0.29, 0.717) is 36.7 Å². The zero-order valence-corrected chi connectivity index (χ0v) is 11.5. The zero-order valence-electron chi connectivity index (χ0n) is 11.5. The molecule has 2 atom stereocenters. The number of carbonyl (C=O) groups excluding carboxylic acids is 2. The third-order valence-corrected chi connectivity index (χ3v) is 3.79. The van der Waals surface area contributed by atoms with Crippen molar-refractivity contribution in [2.45, 2.75) is 52.4 Å². The van der Waals surface area contributed by atoms with Crippen molar-refractivity contribution >= 4 is 11.8 Å². The van der Waals surface area contributed by atoms with E-state index in [2.05, 4.69) is 13.5 Å². The van der Waals surface area contributed by atoms with Gasteiger partial charge in [0.05, 0.1) is 6.61 Å². The summed E-state index contributed by atoms with van der Waals surface area (Å²) in [5.74, 6) is 0.301. The van der Waals surface area contributed by atoms with Gasteiger partial charge >= 0.3 is 5.97 Å². The summed E-state index contributed by atoms with van der Waals surface area (Å²) >= 11 is 0. The Morgan fingerprint density at radius 2 is 2.11 bits per heavy atom. The van der Waals surface area contributed by atoms with E-state index in [4.69, 9.17) is 4.74 Å². The molecule has 1 saturated carbocycles. The van der Waals surface area contributed by atoms with Gasteiger partial charge in [-0.1, -0.05) is 26.3 Å². The van der Waals surface area contributed by atoms with Crippen molar-refractivity contribution in [3.63, 3.8) is 0 Å². The highest BCUT2D eigenvalue weighted by Crippen LogP contribution is 2.32. The summed E-state index contributed by atoms with van der Waals surface area (Å²) in [6.45, 7) is 8.02. The van der Waals surface area contributed by atoms with Crippen molar-refractivity contribution in [1.82, 2.24) is 0 Å². The zero-order chi connectivity index (χ0) is 13.5. The van der Waals surface area contributed by atoms with Crippen LogP contribution in [-0.2, 0) is 14.3 Å². The lowest BCUT2D eigenvalue weighted by Gasteiger charge is -2.23. The molecule has 0 spiro atoms. The Bertz CT molecular complexity index is 320. The van der Waals surface area contributed by atoms with Gasteiger partial charge in [0.1, 0.15) is 5.78 Å². The third kappa shape index (κ3) is 3.97. The first-order valence-corrected chi connectivity index (χ1v) is 6.97. The average molecular weight is 252 g/mol. The van der Waals surface area contributed by atoms with Crippen LogP contribution in [0.2, 0.25) is 0 Å². The SMILES string of the molecule is C=C(C[C@H]1C(=O)CCCC[C@@H]1CC)C(=O)OCC. The van der Waals surface area contributed by atoms with E-state index < -0.39 is 0 Å². The van der Waals surface area contributed by atoms with Crippen molar-refractivity contribution in [2.75, 3.05) is 6.61 Å². The molecule has 0 saturated heterocycles. The minimum Gasteiger partial charge on any atom is -0.463 e. The Balaban J connectivity index is 2.67. The molecule has 0 aromatic heterocycles. The molecular formula is C15H24O3. The van der Waals surface area contributed by atoms with Gasteiger partial charge in [0.25, 0.3) is 0 Å². The standard InChI is InChI=1S/C15H24O3/c1-4-12-8-6-7-9-14(16)13(12)10-11(3)15(17)18-5-2/h12-13H,3-10H2,1-2H3/t12-,13+/m0/s1. The van der Waals surface area contributed by atoms with Crippen LogP contribution in [0.5, 0.6) is 0 Å². The summed E-state index contributed by atoms with van der Waals surface area (Å²) < 4.78 is 4.93. The van der Waals surface area contributed by atoms with Crippen molar-refractivity contribution in [3.8, 4) is 0 Å². The summed E-state index contributed by atoms with van der Waals surface area (Å²) in [5.41, 5.74) is 0.440. The van der Waals surface area contributed by atoms with E-state index in [-0.39, 0.29) is 11.9 Å². The molecule has 0 amide bonds. The molecule has 102 valence electrons. The largest absolute Gasteiger partial charge is 0.463 e. The molecule has 3 nitrogen and oxygen atoms in total. The average Bonchev–Trinajstić information content (AvgIpc) is 2.52. The fourth-order valence-electron chi connectivity index (χ4n) is 2.71. The number of ketones is 1. The molecule has 0 aromatic rings. The van der Waals surface area contributed by atoms with E-state index >= 15 is 0 Å². The highest BCUT2D eigenvalue weighted by Gasteiger charge is 2.30. The summed E-state index contributed by atoms with van der Waals surface area (Å²) in [6, 6.07) is 0. The van der Waals surface area contributed by atoms with Gasteiger partial charge in [0.2, 0.25) is 0 Å². The molecule has 0 N–H and O–H groups in total. The number of ether oxygens (including phenoxy) is 1. The van der Waals surface area contributed by atoms with Gasteiger partial charge in [-0.15, -0.1) is 0 Å². The van der Waals surface area contributed by atoms with E-state index in [1.54, 1.807) is 6.92 Å². The second kappa shape index (κ2) is 7.34. The van der Waals surface area contributed by atoms with Crippen LogP contribution >= 0.6 is 0 Å². The van der Waals surface area contributed by atoms with Gasteiger partial charge in [0, 0.05) is 17.9 Å². The van der Waals surface area contributed by atoms with E-state index in [9.17, 15) is 9.59 Å². The van der Waals surface area contributed by atoms with Crippen LogP contribution in [0.1, 0.15) is 52.4 Å². The second-order valence-corrected chi connectivity index (χ2v) is 5.02. The Labute approximate surface area is 110 Å². The van der Waals surface area contributed by atoms with Crippen LogP contribution in [0, 0.1) is 11.8 Å². The van der Waals surface area contributed by atoms with Crippen LogP contribution in [-0.4, -0.2) is 18.4 Å². The maximum atomic E-state index is 12.1. The Kier molecular flexibility index (Phi) is 6.10. The van der Waals surface area contributed by atoms with E-state index in [1.165, 1.54) is 0 Å². The van der Waals surface area contributed by atoms with Crippen LogP contribution in [0.4, 0.5) is 0 Å². The molecule has 1 rings (SSSR count). The van der Waals surface area contributed by atoms with Gasteiger partial charge in [0.15, 0.2) is 0 Å². The monoisotopic (exact) mass is 252 g/mol. The molecule has 18 heavy (non-hydrogen) atoms. The second-order valence-electron chi connectivity index (χ2n) is 5.02. The predicted octanol–water partition coefficient (Wildman–Crippen LogP) is 3.28. The lowest BCUT2D eigenvalue weighted by Crippen LogP contribution is -2.24. The molecule has 0 unspecified atom stereocenters. The lowest BCUT2D eigenvalue weighted by molar-refractivity contribution is -0.138. The summed E-state index contributed by atoms with van der Waals surface area (Å²) in [6.07, 6.45) is 5.30. The van der Waals surface area contributed by atoms with Gasteiger partial charge in [-0.05, 0) is 32.1 Å². The van der Waals surface area contributed by atoms with Crippen molar-refractivity contribution in [2.24, 2.45) is 11.8 Å². The minimum atomic E-state index is -0.357. The first-order chi connectivity index (χ1) is 8.60. The number of carbonyl (C=O) groups is 2. The molecule has 1 aliphatic carbocycles. The normalized spacial score (nSPS) is 24.4. The van der Waals surface area contributed by atoms with Gasteiger partial charge in [-0.25, -0.2) is 4.79 Å². The topological polar surface area (TPSA) is 43.4 Å². The van der Waals surface area contributed by atoms with Crippen LogP contribution < -0.4 is 0 Å². The first kappa shape index (κ1) is 14.9. The highest BCUT2D eigenvalue weighted by molar-refractivity contribution is 5.90. The fourth-order valence-corrected chi connectivity index (χ4v) is 2.71. The number of Topliss-reactive ketones (excluding diaryl/α,β-unsaturated/α-hetero) is 1.